The molecular weight excluding hydrogens is 244 g/mol. The number of hydrogen-bond donors (Lipinski definition) is 3. The van der Waals surface area contributed by atoms with Crippen LogP contribution in [0.4, 0.5) is 11.5 Å². The molecule has 7 nitrogen and oxygen atoms in total. The lowest BCUT2D eigenvalue weighted by molar-refractivity contribution is 0.102. The maximum absolute atomic E-state index is 12.0. The largest absolute Gasteiger partial charge is 0.396 e. The zero-order valence-corrected chi connectivity index (χ0v) is 11.5. The van der Waals surface area contributed by atoms with E-state index >= 15 is 0 Å². The Hall–Kier alpha value is -2.31. The maximum atomic E-state index is 12.0. The maximum Gasteiger partial charge on any atom is 0.279 e. The van der Waals surface area contributed by atoms with Crippen molar-refractivity contribution in [3.05, 3.63) is 23.7 Å². The summed E-state index contributed by atoms with van der Waals surface area (Å²) >= 11 is 0. The van der Waals surface area contributed by atoms with Gasteiger partial charge in [0.1, 0.15) is 0 Å². The van der Waals surface area contributed by atoms with Crippen LogP contribution in [0.3, 0.4) is 0 Å². The molecule has 2 heterocycles. The molecule has 4 N–H and O–H groups in total. The number of H-pyrrole nitrogens is 1. The first kappa shape index (κ1) is 13.1. The number of nitrogen functional groups attached to an aromatic ring is 1. The molecule has 0 aromatic carbocycles. The number of aromatic nitrogens is 4. The summed E-state index contributed by atoms with van der Waals surface area (Å²) in [5, 5.41) is 13.6. The Bertz CT molecular complexity index is 604. The molecule has 19 heavy (non-hydrogen) atoms. The summed E-state index contributed by atoms with van der Waals surface area (Å²) in [5.41, 5.74) is 7.12. The molecular formula is C12H18N6O. The second kappa shape index (κ2) is 4.42. The number of amides is 1. The number of hydrogen-bond acceptors (Lipinski definition) is 4. The highest BCUT2D eigenvalue weighted by molar-refractivity contribution is 6.05. The molecule has 0 saturated heterocycles. The van der Waals surface area contributed by atoms with Crippen LogP contribution in [0.15, 0.2) is 12.3 Å². The van der Waals surface area contributed by atoms with Gasteiger partial charge in [-0.15, -0.1) is 0 Å². The summed E-state index contributed by atoms with van der Waals surface area (Å²) in [5.74, 6) is 0.0880. The number of carbonyl (C=O) groups excluding carboxylic acids is 1. The van der Waals surface area contributed by atoms with Gasteiger partial charge in [-0.25, -0.2) is 0 Å². The SMILES string of the molecule is Cn1cc(N)c(C(=O)Nc2cc(C(C)(C)C)[nH]n2)n1. The minimum Gasteiger partial charge on any atom is -0.396 e. The smallest absolute Gasteiger partial charge is 0.279 e. The summed E-state index contributed by atoms with van der Waals surface area (Å²) in [4.78, 5) is 12.0. The van der Waals surface area contributed by atoms with Crippen molar-refractivity contribution in [1.29, 1.82) is 0 Å². The van der Waals surface area contributed by atoms with Crippen molar-refractivity contribution in [2.45, 2.75) is 26.2 Å². The Morgan fingerprint density at radius 2 is 2.16 bits per heavy atom. The molecule has 7 heteroatoms. The highest BCUT2D eigenvalue weighted by Gasteiger charge is 2.19. The van der Waals surface area contributed by atoms with Gasteiger partial charge in [-0.1, -0.05) is 20.8 Å². The minimum absolute atomic E-state index is 0.0556. The van der Waals surface area contributed by atoms with Crippen LogP contribution in [0.2, 0.25) is 0 Å². The van der Waals surface area contributed by atoms with Gasteiger partial charge in [0.05, 0.1) is 5.69 Å². The predicted octanol–water partition coefficient (Wildman–Crippen LogP) is 1.28. The van der Waals surface area contributed by atoms with Gasteiger partial charge in [-0.3, -0.25) is 14.6 Å². The molecule has 0 fully saturated rings. The molecule has 0 aliphatic rings. The van der Waals surface area contributed by atoms with E-state index < -0.39 is 0 Å². The lowest BCUT2D eigenvalue weighted by atomic mass is 9.92. The first-order valence-electron chi connectivity index (χ1n) is 5.94. The van der Waals surface area contributed by atoms with Gasteiger partial charge in [-0.05, 0) is 0 Å². The van der Waals surface area contributed by atoms with Crippen LogP contribution in [-0.4, -0.2) is 25.9 Å². The molecule has 2 rings (SSSR count). The Morgan fingerprint density at radius 1 is 1.47 bits per heavy atom. The van der Waals surface area contributed by atoms with Crippen molar-refractivity contribution < 1.29 is 4.79 Å². The fourth-order valence-corrected chi connectivity index (χ4v) is 1.63. The van der Waals surface area contributed by atoms with Crippen LogP contribution in [0.25, 0.3) is 0 Å². The highest BCUT2D eigenvalue weighted by atomic mass is 16.2. The summed E-state index contributed by atoms with van der Waals surface area (Å²) in [6.45, 7) is 6.18. The Labute approximate surface area is 111 Å². The van der Waals surface area contributed by atoms with Crippen LogP contribution in [0, 0.1) is 0 Å². The molecule has 0 spiro atoms. The van der Waals surface area contributed by atoms with E-state index in [9.17, 15) is 4.79 Å². The number of aromatic amines is 1. The van der Waals surface area contributed by atoms with Crippen LogP contribution in [0.1, 0.15) is 37.0 Å². The molecule has 102 valence electrons. The van der Waals surface area contributed by atoms with Gasteiger partial charge in [0.25, 0.3) is 5.91 Å². The molecule has 0 aliphatic heterocycles. The third-order valence-electron chi connectivity index (χ3n) is 2.70. The molecule has 2 aromatic heterocycles. The molecule has 0 unspecified atom stereocenters. The molecule has 0 radical (unpaired) electrons. The quantitative estimate of drug-likeness (QED) is 0.758. The number of aryl methyl sites for hydroxylation is 1. The van der Waals surface area contributed by atoms with Crippen LogP contribution in [-0.2, 0) is 12.5 Å². The number of carbonyl (C=O) groups is 1. The summed E-state index contributed by atoms with van der Waals surface area (Å²) in [6, 6.07) is 1.80. The van der Waals surface area contributed by atoms with Crippen molar-refractivity contribution in [2.75, 3.05) is 11.1 Å². The molecule has 1 amide bonds. The van der Waals surface area contributed by atoms with Gasteiger partial charge in [-0.2, -0.15) is 10.2 Å². The Morgan fingerprint density at radius 3 is 2.63 bits per heavy atom. The van der Waals surface area contributed by atoms with Gasteiger partial charge >= 0.3 is 0 Å². The zero-order chi connectivity index (χ0) is 14.2. The van der Waals surface area contributed by atoms with E-state index in [-0.39, 0.29) is 17.0 Å². The summed E-state index contributed by atoms with van der Waals surface area (Å²) < 4.78 is 1.50. The van der Waals surface area contributed by atoms with E-state index in [1.165, 1.54) is 4.68 Å². The topological polar surface area (TPSA) is 102 Å². The predicted molar refractivity (Wildman–Crippen MR) is 72.9 cm³/mol. The first-order chi connectivity index (χ1) is 8.77. The number of nitrogens with two attached hydrogens (primary N) is 1. The minimum atomic E-state index is -0.370. The molecule has 2 aromatic rings. The first-order valence-corrected chi connectivity index (χ1v) is 5.94. The van der Waals surface area contributed by atoms with Gasteiger partial charge in [0.15, 0.2) is 11.5 Å². The van der Waals surface area contributed by atoms with E-state index in [4.69, 9.17) is 5.73 Å². The van der Waals surface area contributed by atoms with Gasteiger partial charge in [0.2, 0.25) is 0 Å². The lowest BCUT2D eigenvalue weighted by Crippen LogP contribution is -2.15. The van der Waals surface area contributed by atoms with Crippen molar-refractivity contribution in [3.63, 3.8) is 0 Å². The molecule has 0 atom stereocenters. The highest BCUT2D eigenvalue weighted by Crippen LogP contribution is 2.22. The zero-order valence-electron chi connectivity index (χ0n) is 11.5. The van der Waals surface area contributed by atoms with E-state index in [1.54, 1.807) is 19.3 Å². The van der Waals surface area contributed by atoms with Gasteiger partial charge < -0.3 is 11.1 Å². The second-order valence-corrected chi connectivity index (χ2v) is 5.48. The van der Waals surface area contributed by atoms with E-state index in [0.717, 1.165) is 5.69 Å². The second-order valence-electron chi connectivity index (χ2n) is 5.48. The van der Waals surface area contributed by atoms with E-state index in [2.05, 4.69) is 41.4 Å². The van der Waals surface area contributed by atoms with E-state index in [0.29, 0.717) is 11.5 Å². The van der Waals surface area contributed by atoms with Crippen molar-refractivity contribution in [2.24, 2.45) is 7.05 Å². The fraction of sp³-hybridized carbons (Fsp3) is 0.417. The monoisotopic (exact) mass is 262 g/mol. The van der Waals surface area contributed by atoms with Crippen molar-refractivity contribution >= 4 is 17.4 Å². The standard InChI is InChI=1S/C12H18N6O/c1-12(2,3)8-5-9(16-15-8)14-11(19)10-7(13)6-18(4)17-10/h5-6H,13H2,1-4H3,(H2,14,15,16,19). The third-order valence-corrected chi connectivity index (χ3v) is 2.70. The van der Waals surface area contributed by atoms with Gasteiger partial charge in [0, 0.05) is 30.4 Å². The van der Waals surface area contributed by atoms with E-state index in [1.807, 2.05) is 0 Å². The fourth-order valence-electron chi connectivity index (χ4n) is 1.63. The van der Waals surface area contributed by atoms with Crippen LogP contribution in [0.5, 0.6) is 0 Å². The summed E-state index contributed by atoms with van der Waals surface area (Å²) in [7, 11) is 1.71. The average molecular weight is 262 g/mol. The van der Waals surface area contributed by atoms with Crippen LogP contribution >= 0.6 is 0 Å². The number of nitrogens with zero attached hydrogens (tertiary/aromatic N) is 3. The number of rotatable bonds is 2. The molecule has 0 saturated carbocycles. The summed E-state index contributed by atoms with van der Waals surface area (Å²) in [6.07, 6.45) is 1.58. The molecule has 0 bridgehead atoms. The Balaban J connectivity index is 2.16. The van der Waals surface area contributed by atoms with Crippen molar-refractivity contribution in [3.8, 4) is 0 Å². The average Bonchev–Trinajstić information content (AvgIpc) is 2.84. The van der Waals surface area contributed by atoms with Crippen LogP contribution < -0.4 is 11.1 Å². The van der Waals surface area contributed by atoms with Crippen molar-refractivity contribution in [1.82, 2.24) is 20.0 Å². The Kier molecular flexibility index (Phi) is 3.05. The lowest BCUT2D eigenvalue weighted by Gasteiger charge is -2.14. The normalized spacial score (nSPS) is 11.6. The molecule has 0 aliphatic carbocycles. The number of anilines is 2. The number of nitrogens with one attached hydrogen (secondary N) is 2. The third kappa shape index (κ3) is 2.75.